The number of benzene rings is 2. The summed E-state index contributed by atoms with van der Waals surface area (Å²) in [5.41, 5.74) is 8.51. The highest BCUT2D eigenvalue weighted by Gasteiger charge is 2.20. The Morgan fingerprint density at radius 3 is 2.55 bits per heavy atom. The molecule has 0 bridgehead atoms. The fourth-order valence-corrected chi connectivity index (χ4v) is 5.38. The highest BCUT2D eigenvalue weighted by Crippen LogP contribution is 2.30. The molecule has 1 aromatic heterocycles. The summed E-state index contributed by atoms with van der Waals surface area (Å²) in [4.78, 5) is 27.3. The van der Waals surface area contributed by atoms with Gasteiger partial charge in [0.2, 0.25) is 5.91 Å². The Morgan fingerprint density at radius 2 is 1.79 bits per heavy atom. The van der Waals surface area contributed by atoms with E-state index >= 15 is 0 Å². The van der Waals surface area contributed by atoms with Gasteiger partial charge in [-0.25, -0.2) is 0 Å². The number of primary amides is 1. The summed E-state index contributed by atoms with van der Waals surface area (Å²) in [6.45, 7) is 5.83. The SMILES string of the molecule is COCc1ccc2c(C(N)=O)cc(=O)n(CCN3CCC(NCCc4ccc5c(c4)OCCO5)CC3)c2c1. The molecule has 2 aliphatic heterocycles. The minimum atomic E-state index is -0.595. The molecule has 0 radical (unpaired) electrons. The van der Waals surface area contributed by atoms with Gasteiger partial charge in [0.05, 0.1) is 17.7 Å². The summed E-state index contributed by atoms with van der Waals surface area (Å²) in [5, 5.41) is 4.40. The molecule has 3 aromatic rings. The van der Waals surface area contributed by atoms with Crippen LogP contribution in [0, 0.1) is 0 Å². The molecule has 1 fully saturated rings. The molecule has 9 heteroatoms. The summed E-state index contributed by atoms with van der Waals surface area (Å²) >= 11 is 0. The van der Waals surface area contributed by atoms with E-state index in [1.165, 1.54) is 11.6 Å². The predicted octanol–water partition coefficient (Wildman–Crippen LogP) is 2.31. The Morgan fingerprint density at radius 1 is 1.03 bits per heavy atom. The fraction of sp³-hybridized carbons (Fsp3) is 0.448. The number of pyridine rings is 1. The minimum absolute atomic E-state index is 0.212. The summed E-state index contributed by atoms with van der Waals surface area (Å²) in [6.07, 6.45) is 3.07. The van der Waals surface area contributed by atoms with Crippen LogP contribution in [0.25, 0.3) is 10.9 Å². The number of aromatic nitrogens is 1. The van der Waals surface area contributed by atoms with Crippen molar-refractivity contribution < 1.29 is 19.0 Å². The topological polar surface area (TPSA) is 108 Å². The molecule has 1 amide bonds. The van der Waals surface area contributed by atoms with Crippen molar-refractivity contribution in [3.05, 3.63) is 69.5 Å². The van der Waals surface area contributed by atoms with E-state index in [1.54, 1.807) is 11.7 Å². The molecule has 0 unspecified atom stereocenters. The molecule has 0 spiro atoms. The molecule has 0 saturated carbocycles. The second kappa shape index (κ2) is 12.0. The van der Waals surface area contributed by atoms with E-state index in [9.17, 15) is 9.59 Å². The molecule has 1 saturated heterocycles. The molecule has 0 aliphatic carbocycles. The number of amides is 1. The van der Waals surface area contributed by atoms with Crippen LogP contribution in [0.3, 0.4) is 0 Å². The van der Waals surface area contributed by atoms with Crippen LogP contribution in [-0.4, -0.2) is 67.9 Å². The van der Waals surface area contributed by atoms with Crippen LogP contribution in [0.5, 0.6) is 11.5 Å². The van der Waals surface area contributed by atoms with Gasteiger partial charge < -0.3 is 34.7 Å². The Balaban J connectivity index is 1.15. The lowest BCUT2D eigenvalue weighted by Crippen LogP contribution is -2.44. The third-order valence-electron chi connectivity index (χ3n) is 7.43. The van der Waals surface area contributed by atoms with Crippen molar-refractivity contribution in [1.82, 2.24) is 14.8 Å². The van der Waals surface area contributed by atoms with E-state index in [4.69, 9.17) is 19.9 Å². The average molecular weight is 521 g/mol. The first-order chi connectivity index (χ1) is 18.5. The summed E-state index contributed by atoms with van der Waals surface area (Å²) < 4.78 is 18.3. The number of nitrogens with two attached hydrogens (primary N) is 1. The van der Waals surface area contributed by atoms with Crippen LogP contribution in [0.15, 0.2) is 47.3 Å². The van der Waals surface area contributed by atoms with Gasteiger partial charge in [-0.2, -0.15) is 0 Å². The first-order valence-electron chi connectivity index (χ1n) is 13.3. The van der Waals surface area contributed by atoms with Crippen LogP contribution in [0.2, 0.25) is 0 Å². The summed E-state index contributed by atoms with van der Waals surface area (Å²) in [7, 11) is 1.63. The van der Waals surface area contributed by atoms with Crippen molar-refractivity contribution >= 4 is 16.8 Å². The van der Waals surface area contributed by atoms with E-state index in [1.807, 2.05) is 24.3 Å². The zero-order valence-electron chi connectivity index (χ0n) is 21.9. The monoisotopic (exact) mass is 520 g/mol. The van der Waals surface area contributed by atoms with Crippen molar-refractivity contribution in [3.8, 4) is 11.5 Å². The molecule has 3 N–H and O–H groups in total. The number of hydrogen-bond acceptors (Lipinski definition) is 7. The van der Waals surface area contributed by atoms with Crippen molar-refractivity contribution in [2.75, 3.05) is 46.5 Å². The Labute approximate surface area is 222 Å². The van der Waals surface area contributed by atoms with Crippen molar-refractivity contribution in [2.24, 2.45) is 5.73 Å². The first-order valence-corrected chi connectivity index (χ1v) is 13.3. The maximum Gasteiger partial charge on any atom is 0.251 e. The van der Waals surface area contributed by atoms with Crippen LogP contribution in [0.4, 0.5) is 0 Å². The number of nitrogens with one attached hydrogen (secondary N) is 1. The number of fused-ring (bicyclic) bond motifs is 2. The van der Waals surface area contributed by atoms with Gasteiger partial charge in [-0.1, -0.05) is 18.2 Å². The Bertz CT molecular complexity index is 1350. The van der Waals surface area contributed by atoms with Gasteiger partial charge in [-0.05, 0) is 68.2 Å². The van der Waals surface area contributed by atoms with Crippen molar-refractivity contribution in [3.63, 3.8) is 0 Å². The number of carbonyl (C=O) groups excluding carboxylic acids is 1. The Kier molecular flexibility index (Phi) is 8.26. The quantitative estimate of drug-likeness (QED) is 0.422. The number of piperidine rings is 1. The number of ether oxygens (including phenoxy) is 3. The largest absolute Gasteiger partial charge is 0.486 e. The smallest absolute Gasteiger partial charge is 0.251 e. The molecule has 202 valence electrons. The maximum absolute atomic E-state index is 12.9. The second-order valence-corrected chi connectivity index (χ2v) is 9.99. The van der Waals surface area contributed by atoms with Gasteiger partial charge in [-0.3, -0.25) is 9.59 Å². The van der Waals surface area contributed by atoms with Crippen LogP contribution >= 0.6 is 0 Å². The van der Waals surface area contributed by atoms with Gasteiger partial charge in [0.1, 0.15) is 13.2 Å². The normalized spacial score (nSPS) is 16.1. The lowest BCUT2D eigenvalue weighted by molar-refractivity contribution is 0.100. The van der Waals surface area contributed by atoms with E-state index < -0.39 is 5.91 Å². The molecular formula is C29H36N4O5. The summed E-state index contributed by atoms with van der Waals surface area (Å²) in [6, 6.07) is 13.7. The molecular weight excluding hydrogens is 484 g/mol. The maximum atomic E-state index is 12.9. The zero-order chi connectivity index (χ0) is 26.5. The number of nitrogens with zero attached hydrogens (tertiary/aromatic N) is 2. The third kappa shape index (κ3) is 6.01. The van der Waals surface area contributed by atoms with Crippen molar-refractivity contribution in [2.45, 2.75) is 38.5 Å². The third-order valence-corrected chi connectivity index (χ3v) is 7.43. The molecule has 5 rings (SSSR count). The van der Waals surface area contributed by atoms with Gasteiger partial charge in [0, 0.05) is 37.7 Å². The molecule has 2 aromatic carbocycles. The van der Waals surface area contributed by atoms with Gasteiger partial charge in [-0.15, -0.1) is 0 Å². The number of methoxy groups -OCH3 is 1. The number of carbonyl (C=O) groups is 1. The fourth-order valence-electron chi connectivity index (χ4n) is 5.38. The molecule has 3 heterocycles. The van der Waals surface area contributed by atoms with Crippen LogP contribution < -0.4 is 26.1 Å². The lowest BCUT2D eigenvalue weighted by Gasteiger charge is -2.32. The minimum Gasteiger partial charge on any atom is -0.486 e. The Hall–Kier alpha value is -3.40. The predicted molar refractivity (Wildman–Crippen MR) is 146 cm³/mol. The molecule has 2 aliphatic rings. The average Bonchev–Trinajstić information content (AvgIpc) is 2.93. The number of likely N-dealkylation sites (tertiary alicyclic amines) is 1. The van der Waals surface area contributed by atoms with Crippen LogP contribution in [-0.2, 0) is 24.3 Å². The number of hydrogen-bond donors (Lipinski definition) is 2. The highest BCUT2D eigenvalue weighted by molar-refractivity contribution is 6.05. The van der Waals surface area contributed by atoms with Gasteiger partial charge in [0.15, 0.2) is 11.5 Å². The van der Waals surface area contributed by atoms with E-state index in [0.29, 0.717) is 37.8 Å². The molecule has 38 heavy (non-hydrogen) atoms. The lowest BCUT2D eigenvalue weighted by atomic mass is 10.0. The first kappa shape index (κ1) is 26.2. The zero-order valence-corrected chi connectivity index (χ0v) is 21.9. The molecule has 9 nitrogen and oxygen atoms in total. The molecule has 0 atom stereocenters. The number of rotatable bonds is 10. The van der Waals surface area contributed by atoms with Gasteiger partial charge in [0.25, 0.3) is 5.56 Å². The highest BCUT2D eigenvalue weighted by atomic mass is 16.6. The standard InChI is InChI=1S/C29H36N4O5/c1-36-19-21-2-4-23-24(29(30)35)18-28(34)33(25(23)16-21)13-12-32-10-7-22(8-11-32)31-9-6-20-3-5-26-27(17-20)38-15-14-37-26/h2-5,16-18,22,31H,6-15,19H2,1H3,(H2,30,35). The van der Waals surface area contributed by atoms with Crippen molar-refractivity contribution in [1.29, 1.82) is 0 Å². The van der Waals surface area contributed by atoms with Gasteiger partial charge >= 0.3 is 0 Å². The van der Waals surface area contributed by atoms with E-state index in [2.05, 4.69) is 22.3 Å². The summed E-state index contributed by atoms with van der Waals surface area (Å²) in [5.74, 6) is 1.07. The van der Waals surface area contributed by atoms with Crippen LogP contribution in [0.1, 0.15) is 34.3 Å². The van der Waals surface area contributed by atoms with E-state index in [-0.39, 0.29) is 11.1 Å². The van der Waals surface area contributed by atoms with E-state index in [0.717, 1.165) is 68.0 Å². The second-order valence-electron chi connectivity index (χ2n) is 9.99.